The topological polar surface area (TPSA) is 50.4 Å². The summed E-state index contributed by atoms with van der Waals surface area (Å²) in [6, 6.07) is 8.42. The Morgan fingerprint density at radius 3 is 2.39 bits per heavy atom. The maximum Gasteiger partial charge on any atom is 0.213 e. The van der Waals surface area contributed by atoms with Gasteiger partial charge in [0.15, 0.2) is 0 Å². The summed E-state index contributed by atoms with van der Waals surface area (Å²) in [5, 5.41) is 15.5. The normalized spacial score (nSPS) is 12.0. The van der Waals surface area contributed by atoms with Crippen LogP contribution in [0.4, 0.5) is 0 Å². The summed E-state index contributed by atoms with van der Waals surface area (Å²) in [6.45, 7) is 8.66. The van der Waals surface area contributed by atoms with E-state index in [0.29, 0.717) is 11.8 Å². The molecule has 122 valence electrons. The first-order valence-corrected chi connectivity index (χ1v) is 8.89. The van der Waals surface area contributed by atoms with Crippen molar-refractivity contribution in [2.24, 2.45) is 5.92 Å². The smallest absolute Gasteiger partial charge is 0.213 e. The Kier molecular flexibility index (Phi) is 4.50. The second-order valence-corrected chi connectivity index (χ2v) is 7.67. The standard InChI is InChI=1S/C18H23N3OS/c1-11(2)9-16-20-21-15(10-22)17(19-18(21)23-16)14-7-5-13(6-8-14)12(3)4/h5-8,11-12,22H,9-10H2,1-4H3. The monoisotopic (exact) mass is 329 g/mol. The first kappa shape index (κ1) is 16.1. The van der Waals surface area contributed by atoms with Gasteiger partial charge in [-0.05, 0) is 17.4 Å². The molecule has 3 rings (SSSR count). The van der Waals surface area contributed by atoms with Crippen LogP contribution in [0, 0.1) is 5.92 Å². The molecule has 0 unspecified atom stereocenters. The van der Waals surface area contributed by atoms with E-state index in [9.17, 15) is 5.11 Å². The number of nitrogens with zero attached hydrogens (tertiary/aromatic N) is 3. The molecule has 0 saturated heterocycles. The minimum absolute atomic E-state index is 0.0622. The van der Waals surface area contributed by atoms with Gasteiger partial charge in [0.25, 0.3) is 0 Å². The van der Waals surface area contributed by atoms with Gasteiger partial charge in [-0.3, -0.25) is 0 Å². The molecule has 0 aliphatic rings. The number of fused-ring (bicyclic) bond motifs is 1. The first-order chi connectivity index (χ1) is 11.0. The molecule has 5 heteroatoms. The average molecular weight is 329 g/mol. The molecular weight excluding hydrogens is 306 g/mol. The van der Waals surface area contributed by atoms with Crippen molar-refractivity contribution in [3.05, 3.63) is 40.5 Å². The fourth-order valence-corrected chi connectivity index (χ4v) is 3.78. The van der Waals surface area contributed by atoms with E-state index in [2.05, 4.69) is 57.1 Å². The van der Waals surface area contributed by atoms with E-state index in [0.717, 1.165) is 33.3 Å². The van der Waals surface area contributed by atoms with Gasteiger partial charge < -0.3 is 5.11 Å². The van der Waals surface area contributed by atoms with Crippen LogP contribution in [0.3, 0.4) is 0 Å². The van der Waals surface area contributed by atoms with Gasteiger partial charge in [-0.1, -0.05) is 63.3 Å². The van der Waals surface area contributed by atoms with Crippen molar-refractivity contribution < 1.29 is 5.11 Å². The summed E-state index contributed by atoms with van der Waals surface area (Å²) in [5.41, 5.74) is 3.93. The zero-order valence-electron chi connectivity index (χ0n) is 14.1. The molecule has 0 fully saturated rings. The van der Waals surface area contributed by atoms with Crippen molar-refractivity contribution in [2.45, 2.75) is 46.6 Å². The summed E-state index contributed by atoms with van der Waals surface area (Å²) in [5.74, 6) is 1.07. The van der Waals surface area contributed by atoms with Crippen LogP contribution in [0.5, 0.6) is 0 Å². The average Bonchev–Trinajstić information content (AvgIpc) is 3.03. The predicted octanol–water partition coefficient (Wildman–Crippen LogP) is 4.27. The lowest BCUT2D eigenvalue weighted by Gasteiger charge is -2.06. The molecule has 0 atom stereocenters. The van der Waals surface area contributed by atoms with Crippen LogP contribution in [-0.4, -0.2) is 19.7 Å². The fraction of sp³-hybridized carbons (Fsp3) is 0.444. The SMILES string of the molecule is CC(C)Cc1nn2c(CO)c(-c3ccc(C(C)C)cc3)nc2s1. The van der Waals surface area contributed by atoms with E-state index < -0.39 is 0 Å². The van der Waals surface area contributed by atoms with Crippen molar-refractivity contribution in [3.8, 4) is 11.3 Å². The van der Waals surface area contributed by atoms with Gasteiger partial charge in [-0.15, -0.1) is 0 Å². The lowest BCUT2D eigenvalue weighted by Crippen LogP contribution is -1.99. The maximum absolute atomic E-state index is 9.80. The third kappa shape index (κ3) is 3.16. The summed E-state index contributed by atoms with van der Waals surface area (Å²) >= 11 is 1.61. The van der Waals surface area contributed by atoms with Gasteiger partial charge in [0.05, 0.1) is 18.0 Å². The van der Waals surface area contributed by atoms with Crippen LogP contribution in [0.15, 0.2) is 24.3 Å². The highest BCUT2D eigenvalue weighted by Gasteiger charge is 2.17. The van der Waals surface area contributed by atoms with Crippen molar-refractivity contribution in [2.75, 3.05) is 0 Å². The minimum atomic E-state index is -0.0622. The van der Waals surface area contributed by atoms with E-state index in [1.54, 1.807) is 15.9 Å². The van der Waals surface area contributed by atoms with Crippen LogP contribution >= 0.6 is 11.3 Å². The van der Waals surface area contributed by atoms with Crippen LogP contribution in [-0.2, 0) is 13.0 Å². The molecule has 0 saturated carbocycles. The van der Waals surface area contributed by atoms with Crippen molar-refractivity contribution >= 4 is 16.3 Å². The number of hydrogen-bond donors (Lipinski definition) is 1. The van der Waals surface area contributed by atoms with Gasteiger partial charge in [-0.25, -0.2) is 9.50 Å². The molecule has 4 nitrogen and oxygen atoms in total. The zero-order valence-corrected chi connectivity index (χ0v) is 14.9. The molecule has 2 heterocycles. The molecular formula is C18H23N3OS. The molecule has 0 bridgehead atoms. The second kappa shape index (κ2) is 6.42. The largest absolute Gasteiger partial charge is 0.390 e. The number of aliphatic hydroxyl groups is 1. The Morgan fingerprint density at radius 2 is 1.83 bits per heavy atom. The van der Waals surface area contributed by atoms with Gasteiger partial charge in [0.1, 0.15) is 5.01 Å². The van der Waals surface area contributed by atoms with Crippen LogP contribution in [0.1, 0.15) is 49.9 Å². The second-order valence-electron chi connectivity index (χ2n) is 6.63. The third-order valence-corrected chi connectivity index (χ3v) is 4.85. The van der Waals surface area contributed by atoms with Gasteiger partial charge >= 0.3 is 0 Å². The van der Waals surface area contributed by atoms with Gasteiger partial charge in [0, 0.05) is 12.0 Å². The maximum atomic E-state index is 9.80. The molecule has 1 N–H and O–H groups in total. The molecule has 3 aromatic rings. The van der Waals surface area contributed by atoms with E-state index in [-0.39, 0.29) is 6.61 Å². The highest BCUT2D eigenvalue weighted by Crippen LogP contribution is 2.29. The lowest BCUT2D eigenvalue weighted by atomic mass is 10.0. The Balaban J connectivity index is 2.02. The fourth-order valence-electron chi connectivity index (χ4n) is 2.66. The number of imidazole rings is 1. The summed E-state index contributed by atoms with van der Waals surface area (Å²) in [7, 11) is 0. The van der Waals surface area contributed by atoms with Crippen LogP contribution < -0.4 is 0 Å². The van der Waals surface area contributed by atoms with E-state index in [1.807, 2.05) is 0 Å². The Hall–Kier alpha value is -1.72. The Morgan fingerprint density at radius 1 is 1.13 bits per heavy atom. The summed E-state index contributed by atoms with van der Waals surface area (Å²) < 4.78 is 1.80. The summed E-state index contributed by atoms with van der Waals surface area (Å²) in [4.78, 5) is 5.57. The number of benzene rings is 1. The highest BCUT2D eigenvalue weighted by molar-refractivity contribution is 7.16. The quantitative estimate of drug-likeness (QED) is 0.760. The molecule has 2 aromatic heterocycles. The summed E-state index contributed by atoms with van der Waals surface area (Å²) in [6.07, 6.45) is 0.942. The number of rotatable bonds is 5. The van der Waals surface area contributed by atoms with Crippen molar-refractivity contribution in [3.63, 3.8) is 0 Å². The van der Waals surface area contributed by atoms with Crippen LogP contribution in [0.2, 0.25) is 0 Å². The molecule has 23 heavy (non-hydrogen) atoms. The Bertz CT molecular complexity index is 800. The van der Waals surface area contributed by atoms with Crippen molar-refractivity contribution in [1.82, 2.24) is 14.6 Å². The Labute approximate surface area is 140 Å². The molecule has 0 radical (unpaired) electrons. The van der Waals surface area contributed by atoms with E-state index in [4.69, 9.17) is 4.98 Å². The number of aliphatic hydroxyl groups excluding tert-OH is 1. The molecule has 0 aliphatic carbocycles. The van der Waals surface area contributed by atoms with E-state index in [1.165, 1.54) is 5.56 Å². The lowest BCUT2D eigenvalue weighted by molar-refractivity contribution is 0.275. The predicted molar refractivity (Wildman–Crippen MR) is 94.9 cm³/mol. The minimum Gasteiger partial charge on any atom is -0.390 e. The third-order valence-electron chi connectivity index (χ3n) is 3.92. The van der Waals surface area contributed by atoms with Gasteiger partial charge in [-0.2, -0.15) is 5.10 Å². The van der Waals surface area contributed by atoms with Crippen LogP contribution in [0.25, 0.3) is 16.2 Å². The molecule has 0 amide bonds. The van der Waals surface area contributed by atoms with Gasteiger partial charge in [0.2, 0.25) is 4.96 Å². The molecule has 0 aliphatic heterocycles. The van der Waals surface area contributed by atoms with Crippen molar-refractivity contribution in [1.29, 1.82) is 0 Å². The number of aromatic nitrogens is 3. The van der Waals surface area contributed by atoms with E-state index >= 15 is 0 Å². The first-order valence-electron chi connectivity index (χ1n) is 8.08. The molecule has 1 aromatic carbocycles. The number of hydrogen-bond acceptors (Lipinski definition) is 4. The zero-order chi connectivity index (χ0) is 16.6. The highest BCUT2D eigenvalue weighted by atomic mass is 32.1. The molecule has 0 spiro atoms.